The zero-order valence-corrected chi connectivity index (χ0v) is 11.9. The summed E-state index contributed by atoms with van der Waals surface area (Å²) in [6.07, 6.45) is -4.43. The molecule has 24 heavy (non-hydrogen) atoms. The largest absolute Gasteiger partial charge is 0.539 e. The topological polar surface area (TPSA) is 66.1 Å². The van der Waals surface area contributed by atoms with Crippen molar-refractivity contribution < 1.29 is 27.3 Å². The van der Waals surface area contributed by atoms with Crippen LogP contribution in [0.15, 0.2) is 53.1 Å². The molecule has 0 fully saturated rings. The number of rotatable bonds is 1. The number of para-hydroxylation sites is 2. The standard InChI is InChI=1S/C16H8F3N3O2/c17-16(18,19)10-7-5-9(6-8-10)13-14-15(23)24-21-22(14)12-4-2-1-3-11(12)20-13/h1-8H. The number of fused-ring (bicyclic) bond motifs is 3. The van der Waals surface area contributed by atoms with E-state index < -0.39 is 17.7 Å². The first-order valence-corrected chi connectivity index (χ1v) is 6.90. The molecule has 0 N–H and O–H groups in total. The van der Waals surface area contributed by atoms with Gasteiger partial charge in [-0.2, -0.15) is 13.2 Å². The number of hydrogen-bond donors (Lipinski definition) is 0. The average Bonchev–Trinajstić information content (AvgIpc) is 2.96. The van der Waals surface area contributed by atoms with Gasteiger partial charge in [-0.3, -0.25) is 0 Å². The van der Waals surface area contributed by atoms with E-state index in [1.807, 2.05) is 0 Å². The Kier molecular flexibility index (Phi) is 2.96. The summed E-state index contributed by atoms with van der Waals surface area (Å²) in [7, 11) is 0. The SMILES string of the molecule is [O-]c1on[n+]2c1c(-c1ccc(C(F)(F)F)cc1)nc1ccccc12. The third-order valence-electron chi connectivity index (χ3n) is 3.66. The van der Waals surface area contributed by atoms with E-state index in [4.69, 9.17) is 4.52 Å². The quantitative estimate of drug-likeness (QED) is 0.503. The van der Waals surface area contributed by atoms with Crippen molar-refractivity contribution in [1.82, 2.24) is 10.3 Å². The predicted octanol–water partition coefficient (Wildman–Crippen LogP) is 2.72. The van der Waals surface area contributed by atoms with Gasteiger partial charge in [0.1, 0.15) is 11.2 Å². The van der Waals surface area contributed by atoms with Crippen LogP contribution in [0.4, 0.5) is 13.2 Å². The van der Waals surface area contributed by atoms with E-state index >= 15 is 0 Å². The highest BCUT2D eigenvalue weighted by atomic mass is 19.4. The molecular weight excluding hydrogens is 323 g/mol. The van der Waals surface area contributed by atoms with Gasteiger partial charge in [0.25, 0.3) is 11.0 Å². The summed E-state index contributed by atoms with van der Waals surface area (Å²) in [4.78, 5) is 4.40. The highest BCUT2D eigenvalue weighted by Crippen LogP contribution is 2.32. The summed E-state index contributed by atoms with van der Waals surface area (Å²) >= 11 is 0. The number of hydrogen-bond acceptors (Lipinski definition) is 4. The van der Waals surface area contributed by atoms with Gasteiger partial charge in [0.15, 0.2) is 5.95 Å². The third kappa shape index (κ3) is 2.15. The fraction of sp³-hybridized carbons (Fsp3) is 0.0625. The lowest BCUT2D eigenvalue weighted by Crippen LogP contribution is -2.25. The number of alkyl halides is 3. The Bertz CT molecular complexity index is 1060. The van der Waals surface area contributed by atoms with E-state index in [9.17, 15) is 18.3 Å². The fourth-order valence-corrected chi connectivity index (χ4v) is 2.54. The van der Waals surface area contributed by atoms with Crippen molar-refractivity contribution >= 4 is 16.6 Å². The molecule has 4 aromatic rings. The molecule has 0 bridgehead atoms. The number of aromatic nitrogens is 3. The van der Waals surface area contributed by atoms with Gasteiger partial charge in [0.05, 0.1) is 10.8 Å². The molecule has 0 aliphatic carbocycles. The molecule has 0 aliphatic heterocycles. The van der Waals surface area contributed by atoms with Crippen molar-refractivity contribution in [1.29, 1.82) is 0 Å². The van der Waals surface area contributed by atoms with Crippen molar-refractivity contribution in [3.05, 3.63) is 54.1 Å². The summed E-state index contributed by atoms with van der Waals surface area (Å²) in [6, 6.07) is 11.4. The van der Waals surface area contributed by atoms with Crippen LogP contribution in [-0.4, -0.2) is 10.3 Å². The Balaban J connectivity index is 2.00. The second-order valence-corrected chi connectivity index (χ2v) is 5.15. The Labute approximate surface area is 132 Å². The van der Waals surface area contributed by atoms with Crippen LogP contribution in [-0.2, 0) is 6.18 Å². The molecule has 2 heterocycles. The first kappa shape index (κ1) is 14.4. The summed E-state index contributed by atoms with van der Waals surface area (Å²) in [5.74, 6) is -0.705. The van der Waals surface area contributed by atoms with Gasteiger partial charge in [0, 0.05) is 11.6 Å². The zero-order chi connectivity index (χ0) is 16.9. The highest BCUT2D eigenvalue weighted by molar-refractivity contribution is 5.83. The first-order chi connectivity index (χ1) is 11.4. The van der Waals surface area contributed by atoms with Crippen LogP contribution in [0.2, 0.25) is 0 Å². The van der Waals surface area contributed by atoms with Crippen LogP contribution >= 0.6 is 0 Å². The van der Waals surface area contributed by atoms with Crippen LogP contribution in [0.5, 0.6) is 5.95 Å². The second kappa shape index (κ2) is 4.92. The number of halogens is 3. The molecular formula is C16H8F3N3O2. The Morgan fingerprint density at radius 3 is 2.42 bits per heavy atom. The number of benzene rings is 2. The summed E-state index contributed by atoms with van der Waals surface area (Å²) < 4.78 is 44.1. The smallest absolute Gasteiger partial charge is 0.416 e. The molecule has 0 saturated heterocycles. The molecule has 5 nitrogen and oxygen atoms in total. The van der Waals surface area contributed by atoms with Gasteiger partial charge >= 0.3 is 6.18 Å². The molecule has 0 saturated carbocycles. The zero-order valence-electron chi connectivity index (χ0n) is 11.9. The average molecular weight is 331 g/mol. The number of nitrogens with zero attached hydrogens (tertiary/aromatic N) is 3. The maximum absolute atomic E-state index is 12.7. The van der Waals surface area contributed by atoms with Crippen LogP contribution in [0.3, 0.4) is 0 Å². The van der Waals surface area contributed by atoms with Crippen molar-refractivity contribution in [3.63, 3.8) is 0 Å². The van der Waals surface area contributed by atoms with E-state index in [2.05, 4.69) is 10.3 Å². The van der Waals surface area contributed by atoms with Crippen LogP contribution in [0, 0.1) is 0 Å². The summed E-state index contributed by atoms with van der Waals surface area (Å²) in [5.41, 5.74) is 0.990. The normalized spacial score (nSPS) is 12.1. The minimum absolute atomic E-state index is 0.0773. The van der Waals surface area contributed by atoms with Gasteiger partial charge < -0.3 is 9.63 Å². The molecule has 8 heteroatoms. The van der Waals surface area contributed by atoms with Crippen molar-refractivity contribution in [3.8, 4) is 17.2 Å². The molecule has 120 valence electrons. The Morgan fingerprint density at radius 2 is 1.71 bits per heavy atom. The molecule has 2 aromatic heterocycles. The molecule has 0 spiro atoms. The van der Waals surface area contributed by atoms with E-state index in [0.29, 0.717) is 16.6 Å². The maximum atomic E-state index is 12.7. The van der Waals surface area contributed by atoms with Gasteiger partial charge in [0.2, 0.25) is 0 Å². The highest BCUT2D eigenvalue weighted by Gasteiger charge is 2.30. The molecule has 0 atom stereocenters. The van der Waals surface area contributed by atoms with Crippen LogP contribution in [0.1, 0.15) is 5.56 Å². The van der Waals surface area contributed by atoms with Crippen molar-refractivity contribution in [2.45, 2.75) is 6.18 Å². The predicted molar refractivity (Wildman–Crippen MR) is 74.8 cm³/mol. The van der Waals surface area contributed by atoms with E-state index in [-0.39, 0.29) is 11.2 Å². The van der Waals surface area contributed by atoms with Gasteiger partial charge in [-0.25, -0.2) is 4.98 Å². The first-order valence-electron chi connectivity index (χ1n) is 6.90. The van der Waals surface area contributed by atoms with E-state index in [1.165, 1.54) is 16.6 Å². The lowest BCUT2D eigenvalue weighted by Gasteiger charge is -2.07. The summed E-state index contributed by atoms with van der Waals surface area (Å²) in [5, 5.41) is 15.7. The van der Waals surface area contributed by atoms with Gasteiger partial charge in [-0.15, -0.1) is 0 Å². The second-order valence-electron chi connectivity index (χ2n) is 5.15. The van der Waals surface area contributed by atoms with Gasteiger partial charge in [-0.05, 0) is 22.7 Å². The Hall–Kier alpha value is -3.16. The maximum Gasteiger partial charge on any atom is 0.416 e. The molecule has 2 aromatic carbocycles. The fourth-order valence-electron chi connectivity index (χ4n) is 2.54. The summed E-state index contributed by atoms with van der Waals surface area (Å²) in [6.45, 7) is 0. The van der Waals surface area contributed by atoms with Crippen LogP contribution in [0.25, 0.3) is 27.8 Å². The Morgan fingerprint density at radius 1 is 1.00 bits per heavy atom. The van der Waals surface area contributed by atoms with Crippen LogP contribution < -0.4 is 9.62 Å². The third-order valence-corrected chi connectivity index (χ3v) is 3.66. The minimum Gasteiger partial charge on any atom is -0.539 e. The van der Waals surface area contributed by atoms with Gasteiger partial charge in [-0.1, -0.05) is 24.3 Å². The molecule has 0 amide bonds. The monoisotopic (exact) mass is 331 g/mol. The molecule has 4 rings (SSSR count). The lowest BCUT2D eigenvalue weighted by molar-refractivity contribution is -0.568. The lowest BCUT2D eigenvalue weighted by atomic mass is 10.1. The minimum atomic E-state index is -4.43. The van der Waals surface area contributed by atoms with Crippen molar-refractivity contribution in [2.75, 3.05) is 0 Å². The molecule has 0 unspecified atom stereocenters. The molecule has 0 aliphatic rings. The van der Waals surface area contributed by atoms with Crippen molar-refractivity contribution in [2.24, 2.45) is 0 Å². The van der Waals surface area contributed by atoms with E-state index in [1.54, 1.807) is 24.3 Å². The van der Waals surface area contributed by atoms with E-state index in [0.717, 1.165) is 12.1 Å². The molecule has 0 radical (unpaired) electrons.